The first-order valence-corrected chi connectivity index (χ1v) is 9.22. The second kappa shape index (κ2) is 11.5. The number of nitrogens with zero attached hydrogens (tertiary/aromatic N) is 2. The fourth-order valence-electron chi connectivity index (χ4n) is 1.65. The lowest BCUT2D eigenvalue weighted by Gasteiger charge is -2.10. The first-order chi connectivity index (χ1) is 10.9. The van der Waals surface area contributed by atoms with Crippen molar-refractivity contribution in [1.82, 2.24) is 4.98 Å². The zero-order chi connectivity index (χ0) is 17.7. The molecule has 0 saturated carbocycles. The molecular formula is C16H26N4O2S. The van der Waals surface area contributed by atoms with Crippen molar-refractivity contribution in [2.45, 2.75) is 33.6 Å². The van der Waals surface area contributed by atoms with E-state index in [-0.39, 0.29) is 5.75 Å². The third kappa shape index (κ3) is 10.3. The molecule has 1 aromatic rings. The minimum absolute atomic E-state index is 0.0186. The molecule has 2 N–H and O–H groups in total. The van der Waals surface area contributed by atoms with Gasteiger partial charge in [-0.2, -0.15) is 5.26 Å². The first kappa shape index (κ1) is 20.9. The molecule has 0 aliphatic rings. The second-order valence-corrected chi connectivity index (χ2v) is 6.95. The van der Waals surface area contributed by atoms with Gasteiger partial charge < -0.3 is 10.6 Å². The van der Waals surface area contributed by atoms with E-state index in [4.69, 9.17) is 5.26 Å². The molecule has 7 heteroatoms. The highest BCUT2D eigenvalue weighted by atomic mass is 32.2. The van der Waals surface area contributed by atoms with E-state index in [1.165, 1.54) is 6.92 Å². The lowest BCUT2D eigenvalue weighted by Crippen LogP contribution is -2.14. The Labute approximate surface area is 139 Å². The standard InChI is InChI=1S/C14H23N3O2S.C2H3N/c1-4-6-7-15-13-10-12(3)11-14(17-13)16-8-9-20(18,19)5-2;1-2-3/h5,10-11H,2,4,6-9H2,1,3H3,(H2,15,16,17);1H3. The van der Waals surface area contributed by atoms with Gasteiger partial charge in [0, 0.05) is 25.4 Å². The minimum atomic E-state index is -3.17. The van der Waals surface area contributed by atoms with Crippen molar-refractivity contribution in [1.29, 1.82) is 5.26 Å². The highest BCUT2D eigenvalue weighted by Gasteiger charge is 2.05. The van der Waals surface area contributed by atoms with Gasteiger partial charge >= 0.3 is 0 Å². The SMILES string of the molecule is C=CS(=O)(=O)CCNc1cc(C)cc(NCCCC)n1.CC#N. The zero-order valence-corrected chi connectivity index (χ0v) is 14.9. The maximum atomic E-state index is 11.3. The summed E-state index contributed by atoms with van der Waals surface area (Å²) in [7, 11) is -3.17. The number of aryl methyl sites for hydroxylation is 1. The summed E-state index contributed by atoms with van der Waals surface area (Å²) in [5, 5.41) is 14.6. The molecule has 0 amide bonds. The van der Waals surface area contributed by atoms with Gasteiger partial charge in [0.1, 0.15) is 11.6 Å². The molecule has 0 aliphatic heterocycles. The highest BCUT2D eigenvalue weighted by Crippen LogP contribution is 2.13. The molecule has 0 bridgehead atoms. The van der Waals surface area contributed by atoms with E-state index >= 15 is 0 Å². The summed E-state index contributed by atoms with van der Waals surface area (Å²) < 4.78 is 22.6. The molecule has 1 heterocycles. The molecule has 0 aromatic carbocycles. The summed E-state index contributed by atoms with van der Waals surface area (Å²) in [4.78, 5) is 4.41. The van der Waals surface area contributed by atoms with Crippen molar-refractivity contribution in [3.05, 3.63) is 29.7 Å². The maximum Gasteiger partial charge on any atom is 0.172 e. The predicted molar refractivity (Wildman–Crippen MR) is 96.1 cm³/mol. The Kier molecular flexibility index (Phi) is 10.5. The van der Waals surface area contributed by atoms with Crippen molar-refractivity contribution in [3.8, 4) is 6.07 Å². The molecule has 0 spiro atoms. The van der Waals surface area contributed by atoms with Crippen LogP contribution in [0.15, 0.2) is 24.1 Å². The third-order valence-electron chi connectivity index (χ3n) is 2.75. The quantitative estimate of drug-likeness (QED) is 0.672. The van der Waals surface area contributed by atoms with E-state index in [0.29, 0.717) is 12.4 Å². The zero-order valence-electron chi connectivity index (χ0n) is 14.1. The third-order valence-corrected chi connectivity index (χ3v) is 4.03. The van der Waals surface area contributed by atoms with Crippen LogP contribution in [0.5, 0.6) is 0 Å². The Balaban J connectivity index is 0.00000149. The molecular weight excluding hydrogens is 312 g/mol. The lowest BCUT2D eigenvalue weighted by atomic mass is 10.2. The second-order valence-electron chi connectivity index (χ2n) is 4.88. The average Bonchev–Trinajstić information content (AvgIpc) is 2.48. The van der Waals surface area contributed by atoms with E-state index in [1.54, 1.807) is 6.07 Å². The van der Waals surface area contributed by atoms with Gasteiger partial charge in [-0.15, -0.1) is 0 Å². The van der Waals surface area contributed by atoms with Crippen molar-refractivity contribution in [2.75, 3.05) is 29.5 Å². The Morgan fingerprint density at radius 2 is 1.83 bits per heavy atom. The fraction of sp³-hybridized carbons (Fsp3) is 0.500. The first-order valence-electron chi connectivity index (χ1n) is 7.51. The van der Waals surface area contributed by atoms with E-state index < -0.39 is 9.84 Å². The topological polar surface area (TPSA) is 94.9 Å². The van der Waals surface area contributed by atoms with E-state index in [9.17, 15) is 8.42 Å². The van der Waals surface area contributed by atoms with Crippen LogP contribution in [-0.4, -0.2) is 32.2 Å². The lowest BCUT2D eigenvalue weighted by molar-refractivity contribution is 0.605. The molecule has 1 rings (SSSR count). The number of nitriles is 1. The van der Waals surface area contributed by atoms with Crippen LogP contribution in [0.1, 0.15) is 32.3 Å². The van der Waals surface area contributed by atoms with Crippen LogP contribution in [-0.2, 0) is 9.84 Å². The molecule has 0 unspecified atom stereocenters. The number of rotatable bonds is 9. The highest BCUT2D eigenvalue weighted by molar-refractivity contribution is 7.94. The Bertz CT molecular complexity index is 621. The maximum absolute atomic E-state index is 11.3. The normalized spacial score (nSPS) is 10.0. The van der Waals surface area contributed by atoms with Gasteiger partial charge in [0.05, 0.1) is 11.8 Å². The summed E-state index contributed by atoms with van der Waals surface area (Å²) >= 11 is 0. The largest absolute Gasteiger partial charge is 0.370 e. The van der Waals surface area contributed by atoms with Crippen molar-refractivity contribution in [2.24, 2.45) is 0 Å². The molecule has 6 nitrogen and oxygen atoms in total. The van der Waals surface area contributed by atoms with Crippen molar-refractivity contribution in [3.63, 3.8) is 0 Å². The Morgan fingerprint density at radius 3 is 2.30 bits per heavy atom. The number of anilines is 2. The van der Waals surface area contributed by atoms with Crippen LogP contribution >= 0.6 is 0 Å². The molecule has 23 heavy (non-hydrogen) atoms. The Hall–Kier alpha value is -2.07. The predicted octanol–water partition coefficient (Wildman–Crippen LogP) is 3.10. The van der Waals surface area contributed by atoms with Crippen molar-refractivity contribution >= 4 is 21.5 Å². The van der Waals surface area contributed by atoms with Crippen LogP contribution in [0.4, 0.5) is 11.6 Å². The average molecular weight is 338 g/mol. The van der Waals surface area contributed by atoms with Crippen LogP contribution < -0.4 is 10.6 Å². The number of nitrogens with one attached hydrogen (secondary N) is 2. The Morgan fingerprint density at radius 1 is 1.30 bits per heavy atom. The minimum Gasteiger partial charge on any atom is -0.370 e. The van der Waals surface area contributed by atoms with E-state index in [1.807, 2.05) is 19.1 Å². The molecule has 0 atom stereocenters. The van der Waals surface area contributed by atoms with Crippen LogP contribution in [0.25, 0.3) is 0 Å². The molecule has 0 fully saturated rings. The molecule has 1 aromatic heterocycles. The molecule has 0 radical (unpaired) electrons. The summed E-state index contributed by atoms with van der Waals surface area (Å²) in [5.74, 6) is 1.51. The van der Waals surface area contributed by atoms with E-state index in [0.717, 1.165) is 36.2 Å². The monoisotopic (exact) mass is 338 g/mol. The summed E-state index contributed by atoms with van der Waals surface area (Å²) in [5.41, 5.74) is 1.08. The van der Waals surface area contributed by atoms with Gasteiger partial charge in [-0.05, 0) is 31.0 Å². The summed E-state index contributed by atoms with van der Waals surface area (Å²) in [6, 6.07) is 5.62. The van der Waals surface area contributed by atoms with Gasteiger partial charge in [-0.25, -0.2) is 13.4 Å². The molecule has 0 aliphatic carbocycles. The fourth-order valence-corrected chi connectivity index (χ4v) is 2.20. The number of pyridine rings is 1. The number of hydrogen-bond donors (Lipinski definition) is 2. The van der Waals surface area contributed by atoms with Gasteiger partial charge in [0.25, 0.3) is 0 Å². The number of unbranched alkanes of at least 4 members (excludes halogenated alkanes) is 1. The number of hydrogen-bond acceptors (Lipinski definition) is 6. The van der Waals surface area contributed by atoms with Crippen LogP contribution in [0, 0.1) is 18.3 Å². The summed E-state index contributed by atoms with van der Waals surface area (Å²) in [6.45, 7) is 10.0. The van der Waals surface area contributed by atoms with Crippen LogP contribution in [0.3, 0.4) is 0 Å². The van der Waals surface area contributed by atoms with Gasteiger partial charge in [0.2, 0.25) is 0 Å². The van der Waals surface area contributed by atoms with Gasteiger partial charge in [-0.3, -0.25) is 0 Å². The van der Waals surface area contributed by atoms with E-state index in [2.05, 4.69) is 29.1 Å². The number of aromatic nitrogens is 1. The van der Waals surface area contributed by atoms with Gasteiger partial charge in [0.15, 0.2) is 9.84 Å². The summed E-state index contributed by atoms with van der Waals surface area (Å²) in [6.07, 6.45) is 2.22. The number of sulfone groups is 1. The smallest absolute Gasteiger partial charge is 0.172 e. The molecule has 128 valence electrons. The van der Waals surface area contributed by atoms with Crippen LogP contribution in [0.2, 0.25) is 0 Å². The van der Waals surface area contributed by atoms with Crippen molar-refractivity contribution < 1.29 is 8.42 Å². The van der Waals surface area contributed by atoms with Gasteiger partial charge in [-0.1, -0.05) is 19.9 Å². The molecule has 0 saturated heterocycles.